The van der Waals surface area contributed by atoms with Gasteiger partial charge in [-0.25, -0.2) is 0 Å². The fraction of sp³-hybridized carbons (Fsp3) is 0.533. The fourth-order valence-corrected chi connectivity index (χ4v) is 1.87. The molecule has 4 nitrogen and oxygen atoms in total. The van der Waals surface area contributed by atoms with Crippen LogP contribution in [0.3, 0.4) is 0 Å². The van der Waals surface area contributed by atoms with Crippen molar-refractivity contribution in [3.63, 3.8) is 0 Å². The van der Waals surface area contributed by atoms with Crippen molar-refractivity contribution in [3.05, 3.63) is 35.9 Å². The molecule has 0 aromatic heterocycles. The number of hydrogen-bond acceptors (Lipinski definition) is 3. The van der Waals surface area contributed by atoms with Gasteiger partial charge in [0.05, 0.1) is 18.1 Å². The molecule has 1 unspecified atom stereocenters. The van der Waals surface area contributed by atoms with E-state index in [9.17, 15) is 9.90 Å². The Morgan fingerprint density at radius 1 is 1.42 bits per heavy atom. The third kappa shape index (κ3) is 5.85. The van der Waals surface area contributed by atoms with Gasteiger partial charge in [0.2, 0.25) is 5.91 Å². The smallest absolute Gasteiger partial charge is 0.223 e. The summed E-state index contributed by atoms with van der Waals surface area (Å²) in [6.07, 6.45) is 0.518. The molecule has 0 bridgehead atoms. The van der Waals surface area contributed by atoms with Gasteiger partial charge in [0.15, 0.2) is 0 Å². The molecule has 0 spiro atoms. The highest BCUT2D eigenvalue weighted by Crippen LogP contribution is 2.16. The van der Waals surface area contributed by atoms with Crippen molar-refractivity contribution in [2.75, 3.05) is 13.7 Å². The summed E-state index contributed by atoms with van der Waals surface area (Å²) in [6.45, 7) is 4.02. The minimum Gasteiger partial charge on any atom is -0.390 e. The van der Waals surface area contributed by atoms with Crippen LogP contribution in [0.25, 0.3) is 0 Å². The van der Waals surface area contributed by atoms with Crippen molar-refractivity contribution in [2.24, 2.45) is 0 Å². The number of methoxy groups -OCH3 is 1. The molecule has 0 aliphatic carbocycles. The Morgan fingerprint density at radius 2 is 2.05 bits per heavy atom. The number of nitrogens with one attached hydrogen (secondary N) is 1. The Balaban J connectivity index is 2.47. The molecule has 0 saturated heterocycles. The number of hydrogen-bond donors (Lipinski definition) is 2. The van der Waals surface area contributed by atoms with Crippen LogP contribution in [0.4, 0.5) is 0 Å². The predicted molar refractivity (Wildman–Crippen MR) is 74.7 cm³/mol. The molecule has 0 radical (unpaired) electrons. The molecule has 0 heterocycles. The van der Waals surface area contributed by atoms with Gasteiger partial charge in [-0.3, -0.25) is 4.79 Å². The van der Waals surface area contributed by atoms with Gasteiger partial charge in [-0.2, -0.15) is 0 Å². The molecular formula is C15H23NO3. The molecule has 0 aliphatic heterocycles. The molecule has 4 heteroatoms. The van der Waals surface area contributed by atoms with Crippen molar-refractivity contribution in [2.45, 2.75) is 38.3 Å². The first-order chi connectivity index (χ1) is 8.94. The second-order valence-electron chi connectivity index (χ2n) is 5.12. The summed E-state index contributed by atoms with van der Waals surface area (Å²) in [5.41, 5.74) is 0.0173. The van der Waals surface area contributed by atoms with Crippen LogP contribution in [0.5, 0.6) is 0 Å². The van der Waals surface area contributed by atoms with Gasteiger partial charge in [-0.05, 0) is 25.8 Å². The monoisotopic (exact) mass is 265 g/mol. The van der Waals surface area contributed by atoms with Crippen LogP contribution in [0, 0.1) is 0 Å². The zero-order chi connectivity index (χ0) is 14.3. The molecule has 19 heavy (non-hydrogen) atoms. The molecular weight excluding hydrogens is 242 g/mol. The Hall–Kier alpha value is -1.39. The lowest BCUT2D eigenvalue weighted by molar-refractivity contribution is -0.126. The number of carbonyl (C=O) groups excluding carboxylic acids is 1. The maximum atomic E-state index is 11.9. The van der Waals surface area contributed by atoms with Crippen LogP contribution in [0.2, 0.25) is 0 Å². The second kappa shape index (κ2) is 7.26. The summed E-state index contributed by atoms with van der Waals surface area (Å²) in [5.74, 6) is -0.155. The van der Waals surface area contributed by atoms with Gasteiger partial charge in [0.25, 0.3) is 0 Å². The summed E-state index contributed by atoms with van der Waals surface area (Å²) in [5, 5.41) is 12.9. The molecule has 2 N–H and O–H groups in total. The van der Waals surface area contributed by atoms with Gasteiger partial charge >= 0.3 is 0 Å². The van der Waals surface area contributed by atoms with Crippen LogP contribution in [-0.2, 0) is 9.53 Å². The number of benzene rings is 1. The number of ether oxygens (including phenoxy) is 1. The summed E-state index contributed by atoms with van der Waals surface area (Å²) in [7, 11) is 1.58. The van der Waals surface area contributed by atoms with Gasteiger partial charge in [-0.1, -0.05) is 30.3 Å². The minimum absolute atomic E-state index is 0.0630. The molecule has 0 saturated carbocycles. The molecule has 1 rings (SSSR count). The summed E-state index contributed by atoms with van der Waals surface area (Å²) in [4.78, 5) is 11.9. The molecule has 1 aromatic rings. The van der Waals surface area contributed by atoms with Crippen LogP contribution in [0.15, 0.2) is 30.3 Å². The Morgan fingerprint density at radius 3 is 2.63 bits per heavy atom. The number of carbonyl (C=O) groups is 1. The lowest BCUT2D eigenvalue weighted by atomic mass is 9.97. The highest BCUT2D eigenvalue weighted by Gasteiger charge is 2.24. The van der Waals surface area contributed by atoms with Crippen LogP contribution in [0.1, 0.15) is 38.3 Å². The van der Waals surface area contributed by atoms with E-state index in [1.54, 1.807) is 14.0 Å². The van der Waals surface area contributed by atoms with Gasteiger partial charge in [0.1, 0.15) is 0 Å². The zero-order valence-electron chi connectivity index (χ0n) is 11.8. The summed E-state index contributed by atoms with van der Waals surface area (Å²) < 4.78 is 4.92. The van der Waals surface area contributed by atoms with Crippen molar-refractivity contribution in [3.8, 4) is 0 Å². The summed E-state index contributed by atoms with van der Waals surface area (Å²) >= 11 is 0. The van der Waals surface area contributed by atoms with Gasteiger partial charge in [0, 0.05) is 13.7 Å². The molecule has 1 amide bonds. The minimum atomic E-state index is -1.03. The third-order valence-corrected chi connectivity index (χ3v) is 3.06. The topological polar surface area (TPSA) is 58.6 Å². The normalized spacial score (nSPS) is 15.6. The van der Waals surface area contributed by atoms with Crippen LogP contribution in [-0.4, -0.2) is 30.3 Å². The molecule has 2 atom stereocenters. The standard InChI is InChI=1S/C15H23NO3/c1-12(13-7-5-4-6-8-13)16-14(17)11-15(2,18)9-10-19-3/h4-8,12,18H,9-11H2,1-3H3,(H,16,17)/t12?,15-/m0/s1. The van der Waals surface area contributed by atoms with Crippen LogP contribution >= 0.6 is 0 Å². The summed E-state index contributed by atoms with van der Waals surface area (Å²) in [6, 6.07) is 9.68. The Kier molecular flexibility index (Phi) is 5.99. The van der Waals surface area contributed by atoms with E-state index in [4.69, 9.17) is 4.74 Å². The molecule has 1 aromatic carbocycles. The first-order valence-electron chi connectivity index (χ1n) is 6.50. The SMILES string of the molecule is COCC[C@](C)(O)CC(=O)NC(C)c1ccccc1. The van der Waals surface area contributed by atoms with E-state index in [0.717, 1.165) is 5.56 Å². The van der Waals surface area contributed by atoms with E-state index in [-0.39, 0.29) is 18.4 Å². The highest BCUT2D eigenvalue weighted by atomic mass is 16.5. The van der Waals surface area contributed by atoms with Crippen molar-refractivity contribution >= 4 is 5.91 Å². The first-order valence-corrected chi connectivity index (χ1v) is 6.50. The maximum Gasteiger partial charge on any atom is 0.223 e. The molecule has 0 aliphatic rings. The van der Waals surface area contributed by atoms with E-state index in [1.165, 1.54) is 0 Å². The second-order valence-corrected chi connectivity index (χ2v) is 5.12. The first kappa shape index (κ1) is 15.7. The maximum absolute atomic E-state index is 11.9. The van der Waals surface area contributed by atoms with E-state index < -0.39 is 5.60 Å². The fourth-order valence-electron chi connectivity index (χ4n) is 1.87. The number of amides is 1. The average Bonchev–Trinajstić information content (AvgIpc) is 2.36. The van der Waals surface area contributed by atoms with Gasteiger partial charge in [-0.15, -0.1) is 0 Å². The number of aliphatic hydroxyl groups is 1. The van der Waals surface area contributed by atoms with E-state index in [2.05, 4.69) is 5.32 Å². The predicted octanol–water partition coefficient (Wildman–Crippen LogP) is 2.04. The third-order valence-electron chi connectivity index (χ3n) is 3.06. The lowest BCUT2D eigenvalue weighted by Crippen LogP contribution is -2.36. The largest absolute Gasteiger partial charge is 0.390 e. The van der Waals surface area contributed by atoms with Gasteiger partial charge < -0.3 is 15.2 Å². The Labute approximate surface area is 114 Å². The lowest BCUT2D eigenvalue weighted by Gasteiger charge is -2.23. The van der Waals surface area contributed by atoms with E-state index in [1.807, 2.05) is 37.3 Å². The van der Waals surface area contributed by atoms with E-state index in [0.29, 0.717) is 13.0 Å². The number of rotatable bonds is 7. The van der Waals surface area contributed by atoms with Crippen molar-refractivity contribution in [1.82, 2.24) is 5.32 Å². The van der Waals surface area contributed by atoms with Crippen molar-refractivity contribution < 1.29 is 14.6 Å². The quantitative estimate of drug-likeness (QED) is 0.793. The Bertz CT molecular complexity index is 390. The van der Waals surface area contributed by atoms with E-state index >= 15 is 0 Å². The zero-order valence-corrected chi connectivity index (χ0v) is 11.8. The van der Waals surface area contributed by atoms with Crippen molar-refractivity contribution in [1.29, 1.82) is 0 Å². The molecule has 0 fully saturated rings. The van der Waals surface area contributed by atoms with Crippen LogP contribution < -0.4 is 5.32 Å². The molecule has 106 valence electrons. The highest BCUT2D eigenvalue weighted by molar-refractivity contribution is 5.77. The average molecular weight is 265 g/mol.